The molecule has 0 radical (unpaired) electrons. The van der Waals surface area contributed by atoms with Crippen molar-refractivity contribution in [3.8, 4) is 0 Å². The first-order valence-corrected chi connectivity index (χ1v) is 6.66. The van der Waals surface area contributed by atoms with Crippen LogP contribution in [-0.4, -0.2) is 56.3 Å². The van der Waals surface area contributed by atoms with Crippen LogP contribution in [0.25, 0.3) is 0 Å². The molecule has 0 aliphatic carbocycles. The lowest BCUT2D eigenvalue weighted by Crippen LogP contribution is -2.43. The lowest BCUT2D eigenvalue weighted by atomic mass is 10.6. The highest BCUT2D eigenvalue weighted by Gasteiger charge is 2.26. The molecule has 0 aromatic carbocycles. The summed E-state index contributed by atoms with van der Waals surface area (Å²) in [6.45, 7) is 5.93. The van der Waals surface area contributed by atoms with Crippen molar-refractivity contribution < 1.29 is 17.9 Å². The van der Waals surface area contributed by atoms with Crippen molar-refractivity contribution in [3.63, 3.8) is 0 Å². The number of hydrogen-bond donors (Lipinski definition) is 0. The van der Waals surface area contributed by atoms with Gasteiger partial charge in [-0.1, -0.05) is 13.8 Å². The van der Waals surface area contributed by atoms with E-state index < -0.39 is 16.2 Å². The van der Waals surface area contributed by atoms with Crippen LogP contribution in [0.1, 0.15) is 20.8 Å². The van der Waals surface area contributed by atoms with E-state index in [0.717, 1.165) is 4.31 Å². The summed E-state index contributed by atoms with van der Waals surface area (Å²) in [5, 5.41) is 0. The summed E-state index contributed by atoms with van der Waals surface area (Å²) in [7, 11) is -2.18. The van der Waals surface area contributed by atoms with Gasteiger partial charge >= 0.3 is 5.97 Å². The minimum Gasteiger partial charge on any atom is -0.465 e. The molecule has 0 saturated heterocycles. The van der Waals surface area contributed by atoms with E-state index in [0.29, 0.717) is 13.1 Å². The Kier molecular flexibility index (Phi) is 6.54. The van der Waals surface area contributed by atoms with Crippen LogP contribution < -0.4 is 0 Å². The summed E-state index contributed by atoms with van der Waals surface area (Å²) in [6.07, 6.45) is 0. The smallest absolute Gasteiger partial charge is 0.321 e. The first-order valence-electron chi connectivity index (χ1n) is 5.27. The van der Waals surface area contributed by atoms with E-state index in [1.165, 1.54) is 11.4 Å². The summed E-state index contributed by atoms with van der Waals surface area (Å²) in [5.74, 6) is -0.541. The lowest BCUT2D eigenvalue weighted by Gasteiger charge is -2.24. The predicted octanol–water partition coefficient (Wildman–Crippen LogP) is 0.0679. The number of likely N-dealkylation sites (N-methyl/N-ethyl adjacent to an activating group) is 1. The third kappa shape index (κ3) is 4.07. The number of carbonyl (C=O) groups is 1. The Labute approximate surface area is 97.3 Å². The monoisotopic (exact) mass is 252 g/mol. The molecule has 7 heteroatoms. The van der Waals surface area contributed by atoms with Gasteiger partial charge in [-0.3, -0.25) is 4.79 Å². The van der Waals surface area contributed by atoms with Crippen molar-refractivity contribution >= 4 is 16.2 Å². The molecule has 0 aromatic heterocycles. The molecule has 0 rings (SSSR count). The summed E-state index contributed by atoms with van der Waals surface area (Å²) in [6, 6.07) is 0. The highest BCUT2D eigenvalue weighted by atomic mass is 32.2. The molecule has 0 fully saturated rings. The molecule has 0 atom stereocenters. The van der Waals surface area contributed by atoms with Gasteiger partial charge in [0, 0.05) is 20.1 Å². The fourth-order valence-electron chi connectivity index (χ4n) is 1.22. The third-order valence-corrected chi connectivity index (χ3v) is 4.17. The highest BCUT2D eigenvalue weighted by molar-refractivity contribution is 7.86. The van der Waals surface area contributed by atoms with Crippen LogP contribution in [0.2, 0.25) is 0 Å². The van der Waals surface area contributed by atoms with Gasteiger partial charge in [0.25, 0.3) is 10.2 Å². The molecule has 0 aromatic rings. The lowest BCUT2D eigenvalue weighted by molar-refractivity contribution is -0.143. The van der Waals surface area contributed by atoms with Crippen molar-refractivity contribution in [1.82, 2.24) is 8.61 Å². The largest absolute Gasteiger partial charge is 0.465 e. The molecule has 6 nitrogen and oxygen atoms in total. The second kappa shape index (κ2) is 6.82. The van der Waals surface area contributed by atoms with Gasteiger partial charge in [-0.05, 0) is 6.92 Å². The predicted molar refractivity (Wildman–Crippen MR) is 61.1 cm³/mol. The van der Waals surface area contributed by atoms with Crippen molar-refractivity contribution in [3.05, 3.63) is 0 Å². The standard InChI is InChI=1S/C9H20N2O4S/c1-5-11(6-2)16(13,14)10(4)8-9(12)15-7-3/h5-8H2,1-4H3. The molecule has 0 spiro atoms. The van der Waals surface area contributed by atoms with Crippen LogP contribution in [0, 0.1) is 0 Å². The van der Waals surface area contributed by atoms with E-state index in [-0.39, 0.29) is 13.2 Å². The first kappa shape index (κ1) is 15.3. The topological polar surface area (TPSA) is 66.9 Å². The van der Waals surface area contributed by atoms with Gasteiger partial charge in [0.1, 0.15) is 6.54 Å². The van der Waals surface area contributed by atoms with Crippen LogP contribution >= 0.6 is 0 Å². The first-order chi connectivity index (χ1) is 7.39. The molecule has 0 saturated carbocycles. The average Bonchev–Trinajstić information content (AvgIpc) is 2.19. The van der Waals surface area contributed by atoms with Gasteiger partial charge in [-0.15, -0.1) is 0 Å². The molecule has 0 N–H and O–H groups in total. The van der Waals surface area contributed by atoms with Crippen LogP contribution in [0.15, 0.2) is 0 Å². The van der Waals surface area contributed by atoms with Crippen LogP contribution in [0.4, 0.5) is 0 Å². The SMILES string of the molecule is CCOC(=O)CN(C)S(=O)(=O)N(CC)CC. The van der Waals surface area contributed by atoms with E-state index in [4.69, 9.17) is 4.74 Å². The van der Waals surface area contributed by atoms with Gasteiger partial charge in [-0.25, -0.2) is 0 Å². The van der Waals surface area contributed by atoms with E-state index >= 15 is 0 Å². The third-order valence-electron chi connectivity index (χ3n) is 2.08. The fourth-order valence-corrected chi connectivity index (χ4v) is 2.53. The minimum atomic E-state index is -3.55. The van der Waals surface area contributed by atoms with Crippen LogP contribution in [-0.2, 0) is 19.7 Å². The van der Waals surface area contributed by atoms with Gasteiger partial charge in [0.2, 0.25) is 0 Å². The highest BCUT2D eigenvalue weighted by Crippen LogP contribution is 2.05. The molecule has 0 unspecified atom stereocenters. The molecule has 0 amide bonds. The molecule has 96 valence electrons. The molecular formula is C9H20N2O4S. The second-order valence-electron chi connectivity index (χ2n) is 3.15. The van der Waals surface area contributed by atoms with E-state index in [1.54, 1.807) is 20.8 Å². The van der Waals surface area contributed by atoms with Crippen molar-refractivity contribution in [2.75, 3.05) is 33.3 Å². The zero-order valence-electron chi connectivity index (χ0n) is 10.3. The normalized spacial score (nSPS) is 12.1. The van der Waals surface area contributed by atoms with Crippen molar-refractivity contribution in [1.29, 1.82) is 0 Å². The molecule has 16 heavy (non-hydrogen) atoms. The Morgan fingerprint density at radius 1 is 1.19 bits per heavy atom. The summed E-state index contributed by atoms with van der Waals surface area (Å²) in [5.41, 5.74) is 0. The van der Waals surface area contributed by atoms with Crippen LogP contribution in [0.5, 0.6) is 0 Å². The summed E-state index contributed by atoms with van der Waals surface area (Å²) in [4.78, 5) is 11.2. The quantitative estimate of drug-likeness (QED) is 0.601. The zero-order valence-corrected chi connectivity index (χ0v) is 11.1. The van der Waals surface area contributed by atoms with Gasteiger partial charge in [0.15, 0.2) is 0 Å². The maximum atomic E-state index is 11.9. The number of hydrogen-bond acceptors (Lipinski definition) is 4. The summed E-state index contributed by atoms with van der Waals surface area (Å²) < 4.78 is 30.7. The Morgan fingerprint density at radius 2 is 1.69 bits per heavy atom. The molecule has 0 heterocycles. The maximum absolute atomic E-state index is 11.9. The number of esters is 1. The van der Waals surface area contributed by atoms with Crippen LogP contribution in [0.3, 0.4) is 0 Å². The molecule has 0 aliphatic rings. The van der Waals surface area contributed by atoms with E-state index in [1.807, 2.05) is 0 Å². The summed E-state index contributed by atoms with van der Waals surface area (Å²) >= 11 is 0. The Bertz CT molecular complexity index is 311. The maximum Gasteiger partial charge on any atom is 0.321 e. The Balaban J connectivity index is 4.58. The van der Waals surface area contributed by atoms with E-state index in [2.05, 4.69) is 0 Å². The fraction of sp³-hybridized carbons (Fsp3) is 0.889. The van der Waals surface area contributed by atoms with Crippen molar-refractivity contribution in [2.45, 2.75) is 20.8 Å². The van der Waals surface area contributed by atoms with E-state index in [9.17, 15) is 13.2 Å². The number of nitrogens with zero attached hydrogens (tertiary/aromatic N) is 2. The van der Waals surface area contributed by atoms with Gasteiger partial charge in [0.05, 0.1) is 6.61 Å². The Hall–Kier alpha value is -0.660. The van der Waals surface area contributed by atoms with Gasteiger partial charge < -0.3 is 4.74 Å². The number of ether oxygens (including phenoxy) is 1. The molecular weight excluding hydrogens is 232 g/mol. The molecule has 0 aliphatic heterocycles. The minimum absolute atomic E-state index is 0.248. The van der Waals surface area contributed by atoms with Crippen molar-refractivity contribution in [2.24, 2.45) is 0 Å². The average molecular weight is 252 g/mol. The number of rotatable bonds is 7. The molecule has 0 bridgehead atoms. The van der Waals surface area contributed by atoms with Gasteiger partial charge in [-0.2, -0.15) is 17.0 Å². The second-order valence-corrected chi connectivity index (χ2v) is 5.19. The number of carbonyl (C=O) groups excluding carboxylic acids is 1. The zero-order chi connectivity index (χ0) is 12.8. The Morgan fingerprint density at radius 3 is 2.06 bits per heavy atom.